The Morgan fingerprint density at radius 2 is 2.00 bits per heavy atom. The smallest absolute Gasteiger partial charge is 0.253 e. The molecule has 0 aromatic heterocycles. The van der Waals surface area contributed by atoms with Gasteiger partial charge < -0.3 is 15.0 Å². The second-order valence-electron chi connectivity index (χ2n) is 10.7. The summed E-state index contributed by atoms with van der Waals surface area (Å²) < 4.78 is 5.39. The highest BCUT2D eigenvalue weighted by Crippen LogP contribution is 2.58. The summed E-state index contributed by atoms with van der Waals surface area (Å²) in [6.07, 6.45) is 13.8. The number of allylic oxidation sites excluding steroid dienone is 6. The van der Waals surface area contributed by atoms with Gasteiger partial charge in [-0.15, -0.1) is 11.6 Å². The van der Waals surface area contributed by atoms with Crippen molar-refractivity contribution >= 4 is 35.0 Å². The number of morpholine rings is 1. The standard InChI is InChI=1S/C27H34Cl2N2O3/c1-16-24-23(17-3-6-19(28)7-4-17)21(9-10-27(24,2)26(33)30-16)20-8-5-18(15-22(20)29)25(32)31-11-13-34-14-12-31/h3-6,15-16,19-21,23-24H,7-14H2,1-2H3,(H,30,33)/t16-,19?,20?,21+,23?,24+,27-/m1/s1. The van der Waals surface area contributed by atoms with Gasteiger partial charge in [0.1, 0.15) is 0 Å². The van der Waals surface area contributed by atoms with Crippen molar-refractivity contribution in [2.45, 2.75) is 50.9 Å². The van der Waals surface area contributed by atoms with Crippen LogP contribution >= 0.6 is 23.2 Å². The minimum absolute atomic E-state index is 0.0211. The molecule has 5 rings (SSSR count). The number of nitrogens with one attached hydrogen (secondary N) is 1. The van der Waals surface area contributed by atoms with Crippen LogP contribution < -0.4 is 5.32 Å². The third-order valence-corrected chi connectivity index (χ3v) is 9.47. The second kappa shape index (κ2) is 9.48. The van der Waals surface area contributed by atoms with Gasteiger partial charge in [-0.25, -0.2) is 0 Å². The molecule has 184 valence electrons. The third-order valence-electron chi connectivity index (χ3n) is 8.76. The van der Waals surface area contributed by atoms with Gasteiger partial charge in [0.15, 0.2) is 0 Å². The number of hydrogen-bond acceptors (Lipinski definition) is 3. The average molecular weight is 505 g/mol. The van der Waals surface area contributed by atoms with E-state index in [-0.39, 0.29) is 46.4 Å². The van der Waals surface area contributed by atoms with Crippen LogP contribution in [0.2, 0.25) is 0 Å². The molecule has 7 atom stereocenters. The molecule has 0 spiro atoms. The molecule has 3 fully saturated rings. The van der Waals surface area contributed by atoms with Gasteiger partial charge in [0.25, 0.3) is 5.91 Å². The molecule has 0 bridgehead atoms. The number of ether oxygens (including phenoxy) is 1. The molecule has 2 saturated heterocycles. The van der Waals surface area contributed by atoms with E-state index in [2.05, 4.69) is 43.5 Å². The van der Waals surface area contributed by atoms with Gasteiger partial charge in [-0.2, -0.15) is 0 Å². The normalized spacial score (nSPS) is 40.2. The van der Waals surface area contributed by atoms with E-state index < -0.39 is 0 Å². The molecule has 1 N–H and O–H groups in total. The Balaban J connectivity index is 1.42. The molecule has 5 nitrogen and oxygen atoms in total. The highest BCUT2D eigenvalue weighted by molar-refractivity contribution is 6.30. The Morgan fingerprint density at radius 3 is 2.68 bits per heavy atom. The number of rotatable bonds is 3. The van der Waals surface area contributed by atoms with Crippen LogP contribution in [-0.2, 0) is 14.3 Å². The first-order valence-corrected chi connectivity index (χ1v) is 13.4. The van der Waals surface area contributed by atoms with Gasteiger partial charge in [-0.05, 0) is 56.1 Å². The molecular weight excluding hydrogens is 471 g/mol. The fourth-order valence-corrected chi connectivity index (χ4v) is 7.52. The van der Waals surface area contributed by atoms with Crippen LogP contribution in [0.15, 0.2) is 46.6 Å². The number of carbonyl (C=O) groups excluding carboxylic acids is 2. The van der Waals surface area contributed by atoms with Gasteiger partial charge in [0.2, 0.25) is 5.91 Å². The van der Waals surface area contributed by atoms with Crippen LogP contribution in [0.4, 0.5) is 0 Å². The van der Waals surface area contributed by atoms with E-state index in [1.165, 1.54) is 5.57 Å². The molecule has 2 heterocycles. The lowest BCUT2D eigenvalue weighted by atomic mass is 9.53. The lowest BCUT2D eigenvalue weighted by Gasteiger charge is -2.49. The molecule has 7 heteroatoms. The SMILES string of the molecule is C[C@H]1NC(=O)[C@]2(C)CC[C@@H](C3CC=C(C(=O)N4CCOCC4)C=C3Cl)C(C3=CCC(Cl)C=C3)[C@H]12. The van der Waals surface area contributed by atoms with Gasteiger partial charge in [0, 0.05) is 41.6 Å². The minimum Gasteiger partial charge on any atom is -0.378 e. The molecule has 5 aliphatic rings. The first kappa shape index (κ1) is 24.1. The average Bonchev–Trinajstić information content (AvgIpc) is 3.07. The van der Waals surface area contributed by atoms with Gasteiger partial charge in [0.05, 0.1) is 24.0 Å². The molecule has 3 aliphatic carbocycles. The monoisotopic (exact) mass is 504 g/mol. The summed E-state index contributed by atoms with van der Waals surface area (Å²) in [6.45, 7) is 6.68. The Labute approximate surface area is 212 Å². The maximum Gasteiger partial charge on any atom is 0.253 e. The van der Waals surface area contributed by atoms with Crippen molar-refractivity contribution in [2.24, 2.45) is 29.1 Å². The first-order valence-electron chi connectivity index (χ1n) is 12.6. The zero-order chi connectivity index (χ0) is 24.0. The summed E-state index contributed by atoms with van der Waals surface area (Å²) in [7, 11) is 0. The van der Waals surface area contributed by atoms with Crippen molar-refractivity contribution in [3.63, 3.8) is 0 Å². The number of nitrogens with zero attached hydrogens (tertiary/aromatic N) is 1. The summed E-state index contributed by atoms with van der Waals surface area (Å²) in [5.74, 6) is 1.07. The fourth-order valence-electron chi connectivity index (χ4n) is 6.99. The number of alkyl halides is 1. The van der Waals surface area contributed by atoms with Crippen LogP contribution in [0.25, 0.3) is 0 Å². The van der Waals surface area contributed by atoms with Crippen molar-refractivity contribution < 1.29 is 14.3 Å². The van der Waals surface area contributed by atoms with Crippen LogP contribution in [0.1, 0.15) is 39.5 Å². The van der Waals surface area contributed by atoms with Gasteiger partial charge >= 0.3 is 0 Å². The van der Waals surface area contributed by atoms with Crippen molar-refractivity contribution in [3.05, 3.63) is 46.6 Å². The predicted octanol–water partition coefficient (Wildman–Crippen LogP) is 4.57. The van der Waals surface area contributed by atoms with E-state index in [0.29, 0.717) is 37.8 Å². The van der Waals surface area contributed by atoms with E-state index >= 15 is 0 Å². The Hall–Kier alpha value is -1.56. The molecule has 2 amide bonds. The lowest BCUT2D eigenvalue weighted by molar-refractivity contribution is -0.131. The maximum absolute atomic E-state index is 13.0. The van der Waals surface area contributed by atoms with Gasteiger partial charge in [-0.1, -0.05) is 42.8 Å². The lowest BCUT2D eigenvalue weighted by Crippen LogP contribution is -2.47. The molecule has 2 aliphatic heterocycles. The number of hydrogen-bond donors (Lipinski definition) is 1. The van der Waals surface area contributed by atoms with E-state index in [1.54, 1.807) is 0 Å². The summed E-state index contributed by atoms with van der Waals surface area (Å²) >= 11 is 13.3. The third kappa shape index (κ3) is 4.18. The molecule has 3 unspecified atom stereocenters. The zero-order valence-corrected chi connectivity index (χ0v) is 21.4. The number of halogens is 2. The summed E-state index contributed by atoms with van der Waals surface area (Å²) in [5.41, 5.74) is 1.60. The molecule has 34 heavy (non-hydrogen) atoms. The van der Waals surface area contributed by atoms with Crippen molar-refractivity contribution in [2.75, 3.05) is 26.3 Å². The highest BCUT2D eigenvalue weighted by Gasteiger charge is 2.58. The minimum atomic E-state index is -0.370. The fraction of sp³-hybridized carbons (Fsp3) is 0.630. The van der Waals surface area contributed by atoms with Crippen molar-refractivity contribution in [3.8, 4) is 0 Å². The predicted molar refractivity (Wildman–Crippen MR) is 134 cm³/mol. The molecule has 0 aromatic carbocycles. The summed E-state index contributed by atoms with van der Waals surface area (Å²) in [4.78, 5) is 27.8. The molecule has 0 radical (unpaired) electrons. The van der Waals surface area contributed by atoms with E-state index in [9.17, 15) is 9.59 Å². The Kier molecular flexibility index (Phi) is 6.73. The van der Waals surface area contributed by atoms with E-state index in [0.717, 1.165) is 30.7 Å². The molecular formula is C27H34Cl2N2O3. The topological polar surface area (TPSA) is 58.6 Å². The largest absolute Gasteiger partial charge is 0.378 e. The zero-order valence-electron chi connectivity index (χ0n) is 19.9. The highest BCUT2D eigenvalue weighted by atomic mass is 35.5. The molecule has 0 aromatic rings. The van der Waals surface area contributed by atoms with E-state index in [1.807, 2.05) is 11.0 Å². The maximum atomic E-state index is 13.0. The van der Waals surface area contributed by atoms with E-state index in [4.69, 9.17) is 27.9 Å². The van der Waals surface area contributed by atoms with Gasteiger partial charge in [-0.3, -0.25) is 9.59 Å². The van der Waals surface area contributed by atoms with Crippen molar-refractivity contribution in [1.82, 2.24) is 10.2 Å². The van der Waals surface area contributed by atoms with Crippen LogP contribution in [0, 0.1) is 29.1 Å². The summed E-state index contributed by atoms with van der Waals surface area (Å²) in [6, 6.07) is 0.105. The summed E-state index contributed by atoms with van der Waals surface area (Å²) in [5, 5.41) is 4.02. The van der Waals surface area contributed by atoms with Crippen LogP contribution in [-0.4, -0.2) is 54.4 Å². The van der Waals surface area contributed by atoms with Crippen LogP contribution in [0.3, 0.4) is 0 Å². The first-order chi connectivity index (χ1) is 16.3. The Bertz CT molecular complexity index is 980. The number of fused-ring (bicyclic) bond motifs is 1. The Morgan fingerprint density at radius 1 is 1.24 bits per heavy atom. The van der Waals surface area contributed by atoms with Crippen LogP contribution in [0.5, 0.6) is 0 Å². The quantitative estimate of drug-likeness (QED) is 0.572. The molecule has 1 saturated carbocycles. The van der Waals surface area contributed by atoms with Crippen molar-refractivity contribution in [1.29, 1.82) is 0 Å². The second-order valence-corrected chi connectivity index (χ2v) is 11.7. The number of amides is 2. The number of carbonyl (C=O) groups is 2.